The summed E-state index contributed by atoms with van der Waals surface area (Å²) < 4.78 is 6.36. The molecule has 0 unspecified atom stereocenters. The highest BCUT2D eigenvalue weighted by Gasteiger charge is 2.19. The van der Waals surface area contributed by atoms with Gasteiger partial charge < -0.3 is 15.1 Å². The molecule has 2 aromatic heterocycles. The Hall–Kier alpha value is -4.05. The Balaban J connectivity index is 1.53. The number of nitrogens with zero attached hydrogens (tertiary/aromatic N) is 2. The van der Waals surface area contributed by atoms with E-state index in [-0.39, 0.29) is 23.1 Å². The summed E-state index contributed by atoms with van der Waals surface area (Å²) >= 11 is 1.30. The number of fused-ring (bicyclic) bond motifs is 1. The number of carbonyl (C=O) groups is 2. The quantitative estimate of drug-likeness (QED) is 0.321. The van der Waals surface area contributed by atoms with Gasteiger partial charge in [-0.15, -0.1) is 0 Å². The van der Waals surface area contributed by atoms with Crippen LogP contribution in [0.1, 0.15) is 23.9 Å². The van der Waals surface area contributed by atoms with Crippen molar-refractivity contribution in [2.75, 3.05) is 10.6 Å². The van der Waals surface area contributed by atoms with Gasteiger partial charge >= 0.3 is 0 Å². The predicted molar refractivity (Wildman–Crippen MR) is 117 cm³/mol. The minimum atomic E-state index is -0.501. The summed E-state index contributed by atoms with van der Waals surface area (Å²) in [5.41, 5.74) is 1.41. The second-order valence-electron chi connectivity index (χ2n) is 6.50. The maximum absolute atomic E-state index is 12.6. The Bertz CT molecular complexity index is 1310. The second-order valence-corrected chi connectivity index (χ2v) is 7.53. The van der Waals surface area contributed by atoms with Crippen LogP contribution >= 0.6 is 11.3 Å². The van der Waals surface area contributed by atoms with E-state index in [9.17, 15) is 19.7 Å². The molecular formula is C21H16N4O5S. The molecule has 0 radical (unpaired) electrons. The molecule has 4 aromatic rings. The summed E-state index contributed by atoms with van der Waals surface area (Å²) in [6.45, 7) is 1.76. The van der Waals surface area contributed by atoms with E-state index in [1.165, 1.54) is 29.5 Å². The normalized spacial score (nSPS) is 10.7. The summed E-state index contributed by atoms with van der Waals surface area (Å²) in [6, 6.07) is 14.3. The summed E-state index contributed by atoms with van der Waals surface area (Å²) in [4.78, 5) is 39.2. The lowest BCUT2D eigenvalue weighted by Gasteiger charge is -2.03. The zero-order valence-electron chi connectivity index (χ0n) is 16.2. The number of thiazole rings is 1. The van der Waals surface area contributed by atoms with Crippen LogP contribution in [0.2, 0.25) is 0 Å². The van der Waals surface area contributed by atoms with Gasteiger partial charge in [0.25, 0.3) is 11.6 Å². The molecule has 0 bridgehead atoms. The molecule has 2 aromatic carbocycles. The van der Waals surface area contributed by atoms with Crippen LogP contribution in [0.5, 0.6) is 0 Å². The summed E-state index contributed by atoms with van der Waals surface area (Å²) in [7, 11) is 0. The van der Waals surface area contributed by atoms with Crippen molar-refractivity contribution in [2.24, 2.45) is 0 Å². The van der Waals surface area contributed by atoms with Crippen LogP contribution in [0, 0.1) is 10.1 Å². The van der Waals surface area contributed by atoms with Gasteiger partial charge in [0.05, 0.1) is 20.7 Å². The van der Waals surface area contributed by atoms with Crippen molar-refractivity contribution in [3.8, 4) is 11.3 Å². The first-order chi connectivity index (χ1) is 14.9. The number of benzene rings is 2. The molecule has 2 N–H and O–H groups in total. The average molecular weight is 436 g/mol. The topological polar surface area (TPSA) is 127 Å². The first-order valence-corrected chi connectivity index (χ1v) is 10.1. The van der Waals surface area contributed by atoms with Crippen LogP contribution in [0.3, 0.4) is 0 Å². The fraction of sp³-hybridized carbons (Fsp3) is 0.0952. The Morgan fingerprint density at radius 1 is 1.13 bits per heavy atom. The van der Waals surface area contributed by atoms with Gasteiger partial charge in [0.2, 0.25) is 5.91 Å². The van der Waals surface area contributed by atoms with Gasteiger partial charge in [0.1, 0.15) is 5.76 Å². The van der Waals surface area contributed by atoms with E-state index >= 15 is 0 Å². The van der Waals surface area contributed by atoms with E-state index in [1.54, 1.807) is 43.3 Å². The largest absolute Gasteiger partial charge is 0.451 e. The molecule has 4 rings (SSSR count). The van der Waals surface area contributed by atoms with E-state index in [4.69, 9.17) is 4.42 Å². The highest BCUT2D eigenvalue weighted by molar-refractivity contribution is 7.22. The monoisotopic (exact) mass is 436 g/mol. The zero-order valence-corrected chi connectivity index (χ0v) is 17.1. The zero-order chi connectivity index (χ0) is 22.0. The molecule has 0 aliphatic rings. The van der Waals surface area contributed by atoms with Gasteiger partial charge in [-0.05, 0) is 36.4 Å². The molecule has 2 amide bonds. The fourth-order valence-corrected chi connectivity index (χ4v) is 3.82. The van der Waals surface area contributed by atoms with Gasteiger partial charge in [-0.2, -0.15) is 0 Å². The number of para-hydroxylation sites is 1. The number of anilines is 2. The lowest BCUT2D eigenvalue weighted by atomic mass is 10.1. The number of hydrogen-bond acceptors (Lipinski definition) is 7. The van der Waals surface area contributed by atoms with Crippen LogP contribution in [0.25, 0.3) is 21.5 Å². The third-order valence-electron chi connectivity index (χ3n) is 4.41. The van der Waals surface area contributed by atoms with Gasteiger partial charge in [-0.1, -0.05) is 30.4 Å². The van der Waals surface area contributed by atoms with E-state index < -0.39 is 10.8 Å². The van der Waals surface area contributed by atoms with Crippen molar-refractivity contribution in [1.82, 2.24) is 4.98 Å². The van der Waals surface area contributed by atoms with E-state index in [1.807, 2.05) is 0 Å². The fourth-order valence-electron chi connectivity index (χ4n) is 2.90. The van der Waals surface area contributed by atoms with Gasteiger partial charge in [-0.3, -0.25) is 19.7 Å². The van der Waals surface area contributed by atoms with Crippen molar-refractivity contribution in [2.45, 2.75) is 13.3 Å². The highest BCUT2D eigenvalue weighted by Crippen LogP contribution is 2.32. The molecule has 9 nitrogen and oxygen atoms in total. The first-order valence-electron chi connectivity index (χ1n) is 9.30. The average Bonchev–Trinajstić information content (AvgIpc) is 3.40. The second kappa shape index (κ2) is 8.36. The smallest absolute Gasteiger partial charge is 0.291 e. The van der Waals surface area contributed by atoms with Gasteiger partial charge in [-0.25, -0.2) is 4.98 Å². The molecule has 31 heavy (non-hydrogen) atoms. The molecule has 10 heteroatoms. The molecule has 0 saturated carbocycles. The number of nitro benzene ring substituents is 1. The molecule has 0 atom stereocenters. The van der Waals surface area contributed by atoms with Crippen molar-refractivity contribution < 1.29 is 18.9 Å². The SMILES string of the molecule is CCC(=O)Nc1nc2ccc(NC(=O)c3ccc(-c4ccccc4[N+](=O)[O-])o3)cc2s1. The Morgan fingerprint density at radius 2 is 1.94 bits per heavy atom. The summed E-state index contributed by atoms with van der Waals surface area (Å²) in [5.74, 6) is -0.367. The number of aromatic nitrogens is 1. The molecule has 0 aliphatic heterocycles. The minimum absolute atomic E-state index is 0.0217. The van der Waals surface area contributed by atoms with Crippen LogP contribution < -0.4 is 10.6 Å². The number of amides is 2. The maximum Gasteiger partial charge on any atom is 0.291 e. The van der Waals surface area contributed by atoms with Gasteiger partial charge in [0.15, 0.2) is 10.9 Å². The number of rotatable bonds is 6. The number of nitro groups is 1. The van der Waals surface area contributed by atoms with Crippen LogP contribution in [-0.2, 0) is 4.79 Å². The number of hydrogen-bond donors (Lipinski definition) is 2. The number of nitrogens with one attached hydrogen (secondary N) is 2. The number of carbonyl (C=O) groups excluding carboxylic acids is 2. The van der Waals surface area contributed by atoms with Crippen LogP contribution in [0.15, 0.2) is 59.0 Å². The molecule has 0 aliphatic carbocycles. The molecular weight excluding hydrogens is 420 g/mol. The Labute approximate surface area is 179 Å². The summed E-state index contributed by atoms with van der Waals surface area (Å²) in [5, 5.41) is 17.2. The van der Waals surface area contributed by atoms with E-state index in [0.717, 1.165) is 4.70 Å². The predicted octanol–water partition coefficient (Wildman–Crippen LogP) is 5.07. The Morgan fingerprint density at radius 3 is 2.71 bits per heavy atom. The third kappa shape index (κ3) is 4.28. The maximum atomic E-state index is 12.6. The van der Waals surface area contributed by atoms with Crippen molar-refractivity contribution in [3.63, 3.8) is 0 Å². The summed E-state index contributed by atoms with van der Waals surface area (Å²) in [6.07, 6.45) is 0.356. The molecule has 0 spiro atoms. The highest BCUT2D eigenvalue weighted by atomic mass is 32.1. The van der Waals surface area contributed by atoms with Gasteiger partial charge in [0, 0.05) is 18.2 Å². The van der Waals surface area contributed by atoms with Crippen molar-refractivity contribution >= 4 is 49.9 Å². The lowest BCUT2D eigenvalue weighted by Crippen LogP contribution is -2.10. The van der Waals surface area contributed by atoms with Crippen molar-refractivity contribution in [1.29, 1.82) is 0 Å². The van der Waals surface area contributed by atoms with E-state index in [0.29, 0.717) is 28.3 Å². The van der Waals surface area contributed by atoms with Crippen LogP contribution in [0.4, 0.5) is 16.5 Å². The Kier molecular flexibility index (Phi) is 5.46. The van der Waals surface area contributed by atoms with Crippen molar-refractivity contribution in [3.05, 3.63) is 70.5 Å². The third-order valence-corrected chi connectivity index (χ3v) is 5.34. The molecule has 156 valence electrons. The lowest BCUT2D eigenvalue weighted by molar-refractivity contribution is -0.384. The first kappa shape index (κ1) is 20.2. The standard InChI is InChI=1S/C21H16N4O5S/c1-2-19(26)24-21-23-14-8-7-12(11-18(14)31-21)22-20(27)17-10-9-16(30-17)13-5-3-4-6-15(13)25(28)29/h3-11H,2H2,1H3,(H,22,27)(H,23,24,26). The van der Waals surface area contributed by atoms with Crippen LogP contribution in [-0.4, -0.2) is 21.7 Å². The molecule has 0 fully saturated rings. The minimum Gasteiger partial charge on any atom is -0.451 e. The molecule has 2 heterocycles. The molecule has 0 saturated heterocycles. The number of furan rings is 1. The van der Waals surface area contributed by atoms with E-state index in [2.05, 4.69) is 15.6 Å².